The van der Waals surface area contributed by atoms with Crippen molar-refractivity contribution in [3.05, 3.63) is 0 Å². The molecule has 5 atom stereocenters. The second-order valence-electron chi connectivity index (χ2n) is 5.83. The highest BCUT2D eigenvalue weighted by Gasteiger charge is 2.51. The van der Waals surface area contributed by atoms with E-state index in [1.54, 1.807) is 0 Å². The highest BCUT2D eigenvalue weighted by molar-refractivity contribution is 5.93. The minimum absolute atomic E-state index is 0.222. The first-order chi connectivity index (χ1) is 9.52. The molecule has 0 amide bonds. The third-order valence-electron chi connectivity index (χ3n) is 4.60. The van der Waals surface area contributed by atoms with Gasteiger partial charge in [-0.25, -0.2) is 4.79 Å². The summed E-state index contributed by atoms with van der Waals surface area (Å²) in [4.78, 5) is 15.1. The molecule has 0 bridgehead atoms. The van der Waals surface area contributed by atoms with Crippen molar-refractivity contribution >= 4 is 11.7 Å². The first-order valence-electron chi connectivity index (χ1n) is 7.29. The van der Waals surface area contributed by atoms with Gasteiger partial charge in [0.2, 0.25) is 6.61 Å². The fourth-order valence-electron chi connectivity index (χ4n) is 3.37. The fourth-order valence-corrected chi connectivity index (χ4v) is 3.37. The Morgan fingerprint density at radius 3 is 2.95 bits per heavy atom. The van der Waals surface area contributed by atoms with Crippen molar-refractivity contribution in [1.82, 2.24) is 0 Å². The summed E-state index contributed by atoms with van der Waals surface area (Å²) in [6, 6.07) is 0. The number of fused-ring (bicyclic) bond motifs is 1. The Balaban J connectivity index is 1.82. The summed E-state index contributed by atoms with van der Waals surface area (Å²) in [6.07, 6.45) is 3.12. The maximum Gasteiger partial charge on any atom is 0.344 e. The molecule has 0 aromatic carbocycles. The second kappa shape index (κ2) is 6.54. The molecular weight excluding hydrogens is 262 g/mol. The lowest BCUT2D eigenvalue weighted by Crippen LogP contribution is -2.37. The summed E-state index contributed by atoms with van der Waals surface area (Å²) < 4.78 is 0. The number of aliphatic hydroxyl groups excluding tert-OH is 2. The van der Waals surface area contributed by atoms with Crippen LogP contribution in [0.2, 0.25) is 0 Å². The van der Waals surface area contributed by atoms with Gasteiger partial charge in [0.05, 0.1) is 17.9 Å². The molecule has 2 fully saturated rings. The van der Waals surface area contributed by atoms with Crippen molar-refractivity contribution < 1.29 is 25.0 Å². The number of carbonyl (C=O) groups is 1. The molecule has 6 heteroatoms. The third kappa shape index (κ3) is 3.30. The average Bonchev–Trinajstić information content (AvgIpc) is 2.64. The Morgan fingerprint density at radius 1 is 1.55 bits per heavy atom. The predicted molar refractivity (Wildman–Crippen MR) is 72.3 cm³/mol. The average molecular weight is 285 g/mol. The van der Waals surface area contributed by atoms with Crippen LogP contribution in [0.1, 0.15) is 39.0 Å². The Hall–Kier alpha value is -1.14. The minimum atomic E-state index is -1.04. The molecule has 2 aliphatic rings. The van der Waals surface area contributed by atoms with Gasteiger partial charge in [0.15, 0.2) is 0 Å². The van der Waals surface area contributed by atoms with E-state index in [2.05, 4.69) is 5.16 Å². The summed E-state index contributed by atoms with van der Waals surface area (Å²) >= 11 is 0. The molecule has 2 saturated carbocycles. The van der Waals surface area contributed by atoms with Crippen LogP contribution in [0.25, 0.3) is 0 Å². The van der Waals surface area contributed by atoms with Gasteiger partial charge in [-0.15, -0.1) is 0 Å². The first-order valence-corrected chi connectivity index (χ1v) is 7.29. The van der Waals surface area contributed by atoms with Crippen molar-refractivity contribution in [2.45, 2.75) is 51.2 Å². The lowest BCUT2D eigenvalue weighted by atomic mass is 9.70. The minimum Gasteiger partial charge on any atom is -0.479 e. The smallest absolute Gasteiger partial charge is 0.344 e. The summed E-state index contributed by atoms with van der Waals surface area (Å²) in [6.45, 7) is 1.53. The van der Waals surface area contributed by atoms with Crippen LogP contribution in [0.15, 0.2) is 5.16 Å². The van der Waals surface area contributed by atoms with Crippen LogP contribution in [0, 0.1) is 17.8 Å². The summed E-state index contributed by atoms with van der Waals surface area (Å²) in [5.74, 6) is -0.188. The standard InChI is InChI=1S/C14H23NO5/c1-2-8(16)3-4-9-10-5-12(11(10)6-13(9)17)15-20-7-14(18)19/h8-11,13,16-17H,2-7H2,1H3,(H,18,19)/b15-12-. The third-order valence-corrected chi connectivity index (χ3v) is 4.60. The number of hydrogen-bond acceptors (Lipinski definition) is 5. The van der Waals surface area contributed by atoms with E-state index in [4.69, 9.17) is 9.94 Å². The van der Waals surface area contributed by atoms with Crippen LogP contribution in [-0.4, -0.2) is 45.8 Å². The van der Waals surface area contributed by atoms with E-state index in [1.165, 1.54) is 0 Å². The van der Waals surface area contributed by atoms with Crippen LogP contribution >= 0.6 is 0 Å². The van der Waals surface area contributed by atoms with E-state index < -0.39 is 12.6 Å². The SMILES string of the molecule is CCC(O)CCC1C(O)CC2/C(=N\OCC(=O)O)CC21. The van der Waals surface area contributed by atoms with Gasteiger partial charge < -0.3 is 20.2 Å². The van der Waals surface area contributed by atoms with Gasteiger partial charge in [-0.2, -0.15) is 0 Å². The predicted octanol–water partition coefficient (Wildman–Crippen LogP) is 1.01. The number of carboxylic acid groups (broad SMARTS) is 1. The number of hydrogen-bond donors (Lipinski definition) is 3. The molecule has 3 N–H and O–H groups in total. The Morgan fingerprint density at radius 2 is 2.30 bits per heavy atom. The van der Waals surface area contributed by atoms with Crippen molar-refractivity contribution in [1.29, 1.82) is 0 Å². The maximum absolute atomic E-state index is 10.3. The second-order valence-corrected chi connectivity index (χ2v) is 5.83. The van der Waals surface area contributed by atoms with E-state index in [0.717, 1.165) is 31.4 Å². The summed E-state index contributed by atoms with van der Waals surface area (Å²) in [7, 11) is 0. The van der Waals surface area contributed by atoms with Gasteiger partial charge in [0, 0.05) is 5.92 Å². The number of nitrogens with zero attached hydrogens (tertiary/aromatic N) is 1. The number of rotatable bonds is 7. The number of carboxylic acids is 1. The van der Waals surface area contributed by atoms with E-state index in [-0.39, 0.29) is 24.0 Å². The van der Waals surface area contributed by atoms with E-state index in [1.807, 2.05) is 6.92 Å². The van der Waals surface area contributed by atoms with Gasteiger partial charge >= 0.3 is 5.97 Å². The van der Waals surface area contributed by atoms with E-state index in [9.17, 15) is 15.0 Å². The molecule has 0 aliphatic heterocycles. The molecule has 0 heterocycles. The Labute approximate surface area is 118 Å². The maximum atomic E-state index is 10.3. The molecule has 0 aromatic heterocycles. The number of oxime groups is 1. The summed E-state index contributed by atoms with van der Waals surface area (Å²) in [5, 5.41) is 32.1. The van der Waals surface area contributed by atoms with Crippen LogP contribution in [0.3, 0.4) is 0 Å². The zero-order valence-corrected chi connectivity index (χ0v) is 11.7. The molecule has 2 rings (SSSR count). The molecule has 114 valence electrons. The Bertz CT molecular complexity index is 384. The fraction of sp³-hybridized carbons (Fsp3) is 0.857. The van der Waals surface area contributed by atoms with E-state index in [0.29, 0.717) is 12.3 Å². The topological polar surface area (TPSA) is 99.4 Å². The molecule has 0 aromatic rings. The highest BCUT2D eigenvalue weighted by Crippen LogP contribution is 2.50. The van der Waals surface area contributed by atoms with Crippen LogP contribution in [0.5, 0.6) is 0 Å². The molecular formula is C14H23NO5. The lowest BCUT2D eigenvalue weighted by molar-refractivity contribution is -0.142. The largest absolute Gasteiger partial charge is 0.479 e. The normalized spacial score (nSPS) is 35.5. The molecule has 5 unspecified atom stereocenters. The number of aliphatic hydroxyl groups is 2. The van der Waals surface area contributed by atoms with Crippen LogP contribution in [0.4, 0.5) is 0 Å². The zero-order chi connectivity index (χ0) is 14.7. The molecule has 0 radical (unpaired) electrons. The van der Waals surface area contributed by atoms with Gasteiger partial charge in [0.1, 0.15) is 0 Å². The van der Waals surface area contributed by atoms with Gasteiger partial charge in [0.25, 0.3) is 0 Å². The van der Waals surface area contributed by atoms with Crippen molar-refractivity contribution in [3.63, 3.8) is 0 Å². The van der Waals surface area contributed by atoms with Gasteiger partial charge in [-0.05, 0) is 43.9 Å². The van der Waals surface area contributed by atoms with Gasteiger partial charge in [-0.3, -0.25) is 0 Å². The monoisotopic (exact) mass is 285 g/mol. The highest BCUT2D eigenvalue weighted by atomic mass is 16.6. The Kier molecular flexibility index (Phi) is 4.99. The number of aliphatic carboxylic acids is 1. The van der Waals surface area contributed by atoms with Gasteiger partial charge in [-0.1, -0.05) is 12.1 Å². The first kappa shape index (κ1) is 15.3. The zero-order valence-electron chi connectivity index (χ0n) is 11.7. The van der Waals surface area contributed by atoms with Crippen molar-refractivity contribution in [3.8, 4) is 0 Å². The quantitative estimate of drug-likeness (QED) is 0.606. The van der Waals surface area contributed by atoms with Crippen LogP contribution < -0.4 is 0 Å². The molecule has 20 heavy (non-hydrogen) atoms. The lowest BCUT2D eigenvalue weighted by Gasteiger charge is -2.35. The van der Waals surface area contributed by atoms with Crippen molar-refractivity contribution in [2.24, 2.45) is 22.9 Å². The van der Waals surface area contributed by atoms with E-state index >= 15 is 0 Å². The molecule has 0 spiro atoms. The summed E-state index contributed by atoms with van der Waals surface area (Å²) in [5.41, 5.74) is 0.869. The van der Waals surface area contributed by atoms with Crippen LogP contribution in [-0.2, 0) is 9.63 Å². The van der Waals surface area contributed by atoms with Crippen molar-refractivity contribution in [2.75, 3.05) is 6.61 Å². The molecule has 0 saturated heterocycles. The molecule has 6 nitrogen and oxygen atoms in total. The molecule has 2 aliphatic carbocycles.